The quantitative estimate of drug-likeness (QED) is 0.642. The number of aromatic amines is 1. The van der Waals surface area contributed by atoms with Gasteiger partial charge < -0.3 is 10.3 Å². The minimum Gasteiger partial charge on any atom is -0.360 e. The Morgan fingerprint density at radius 1 is 0.895 bits per heavy atom. The lowest BCUT2D eigenvalue weighted by atomic mass is 10.1. The summed E-state index contributed by atoms with van der Waals surface area (Å²) in [5, 5.41) is 3.43. The maximum Gasteiger partial charge on any atom is 0.0599 e. The third-order valence-corrected chi connectivity index (χ3v) is 4.58. The van der Waals surface area contributed by atoms with E-state index in [9.17, 15) is 0 Å². The smallest absolute Gasteiger partial charge is 0.0599 e. The minimum atomic E-state index is 1.12. The molecule has 0 fully saturated rings. The maximum absolute atomic E-state index is 3.43. The summed E-state index contributed by atoms with van der Waals surface area (Å²) in [6.45, 7) is 2.26. The van der Waals surface area contributed by atoms with Gasteiger partial charge in [0, 0.05) is 11.1 Å². The molecule has 3 heteroatoms. The number of benzene rings is 1. The van der Waals surface area contributed by atoms with Crippen LogP contribution < -0.4 is 5.32 Å². The summed E-state index contributed by atoms with van der Waals surface area (Å²) in [5.74, 6) is 0. The van der Waals surface area contributed by atoms with Crippen LogP contribution in [0.5, 0.6) is 0 Å². The molecule has 0 saturated heterocycles. The summed E-state index contributed by atoms with van der Waals surface area (Å²) < 4.78 is 1.42. The highest BCUT2D eigenvalue weighted by Gasteiger charge is 2.14. The van der Waals surface area contributed by atoms with Crippen molar-refractivity contribution in [3.05, 3.63) is 59.1 Å². The molecule has 0 radical (unpaired) electrons. The zero-order valence-corrected chi connectivity index (χ0v) is 11.7. The SMILES string of the molecule is c1cc2sc3c(c2[nH]1)CCNCC3.c1ccccc1. The van der Waals surface area contributed by atoms with Crippen LogP contribution in [0.15, 0.2) is 48.7 Å². The Morgan fingerprint density at radius 3 is 2.32 bits per heavy atom. The van der Waals surface area contributed by atoms with E-state index in [1.165, 1.54) is 23.1 Å². The molecule has 0 unspecified atom stereocenters. The van der Waals surface area contributed by atoms with Crippen LogP contribution in [0.4, 0.5) is 0 Å². The Bertz CT molecular complexity index is 598. The molecule has 3 heterocycles. The summed E-state index contributed by atoms with van der Waals surface area (Å²) in [4.78, 5) is 4.91. The van der Waals surface area contributed by atoms with Gasteiger partial charge in [0.15, 0.2) is 0 Å². The van der Waals surface area contributed by atoms with E-state index in [1.54, 1.807) is 10.4 Å². The second-order valence-corrected chi connectivity index (χ2v) is 5.76. The van der Waals surface area contributed by atoms with Gasteiger partial charge in [-0.1, -0.05) is 36.4 Å². The predicted molar refractivity (Wildman–Crippen MR) is 82.9 cm³/mol. The van der Waals surface area contributed by atoms with Gasteiger partial charge in [0.05, 0.1) is 10.2 Å². The highest BCUT2D eigenvalue weighted by atomic mass is 32.1. The molecule has 0 saturated carbocycles. The van der Waals surface area contributed by atoms with E-state index < -0.39 is 0 Å². The Morgan fingerprint density at radius 2 is 1.58 bits per heavy atom. The molecule has 0 atom stereocenters. The number of fused-ring (bicyclic) bond motifs is 3. The molecule has 2 nitrogen and oxygen atoms in total. The third kappa shape index (κ3) is 2.88. The Balaban J connectivity index is 0.000000155. The van der Waals surface area contributed by atoms with E-state index in [0.29, 0.717) is 0 Å². The van der Waals surface area contributed by atoms with Crippen LogP contribution in [0.1, 0.15) is 10.4 Å². The number of hydrogen-bond donors (Lipinski definition) is 2. The second kappa shape index (κ2) is 6.04. The van der Waals surface area contributed by atoms with Crippen LogP contribution >= 0.6 is 11.3 Å². The van der Waals surface area contributed by atoms with Crippen molar-refractivity contribution in [2.45, 2.75) is 12.8 Å². The van der Waals surface area contributed by atoms with Gasteiger partial charge in [0.2, 0.25) is 0 Å². The molecule has 0 spiro atoms. The van der Waals surface area contributed by atoms with Crippen LogP contribution in [0, 0.1) is 0 Å². The standard InChI is InChI=1S/C10H12N2S.C6H6/c1-4-11-5-2-8-7(1)10-9(13-8)3-6-12-10;1-2-4-6-5-3-1/h3,6,11-12H,1-2,4-5H2;1-6H. The Hall–Kier alpha value is -1.58. The molecule has 2 N–H and O–H groups in total. The normalized spacial score (nSPS) is 14.3. The average Bonchev–Trinajstić information content (AvgIpc) is 2.96. The molecule has 2 aromatic heterocycles. The van der Waals surface area contributed by atoms with E-state index >= 15 is 0 Å². The monoisotopic (exact) mass is 270 g/mol. The first-order valence-corrected chi connectivity index (χ1v) is 7.55. The molecule has 1 aromatic carbocycles. The van der Waals surface area contributed by atoms with Crippen molar-refractivity contribution in [3.63, 3.8) is 0 Å². The second-order valence-electron chi connectivity index (χ2n) is 4.63. The summed E-state index contributed by atoms with van der Waals surface area (Å²) in [7, 11) is 0. The number of hydrogen-bond acceptors (Lipinski definition) is 2. The van der Waals surface area contributed by atoms with Crippen LogP contribution in [-0.4, -0.2) is 18.1 Å². The van der Waals surface area contributed by atoms with Crippen molar-refractivity contribution in [3.8, 4) is 0 Å². The van der Waals surface area contributed by atoms with Gasteiger partial charge in [0.25, 0.3) is 0 Å². The van der Waals surface area contributed by atoms with E-state index in [4.69, 9.17) is 0 Å². The fourth-order valence-electron chi connectivity index (χ4n) is 2.40. The topological polar surface area (TPSA) is 27.8 Å². The van der Waals surface area contributed by atoms with Crippen molar-refractivity contribution in [2.24, 2.45) is 0 Å². The Labute approximate surface area is 117 Å². The first-order chi connectivity index (χ1) is 9.45. The van der Waals surface area contributed by atoms with Gasteiger partial charge in [-0.2, -0.15) is 0 Å². The molecule has 0 bridgehead atoms. The lowest BCUT2D eigenvalue weighted by molar-refractivity contribution is 0.712. The van der Waals surface area contributed by atoms with Gasteiger partial charge in [-0.15, -0.1) is 11.3 Å². The number of thiophene rings is 1. The van der Waals surface area contributed by atoms with Crippen molar-refractivity contribution >= 4 is 21.6 Å². The number of nitrogens with one attached hydrogen (secondary N) is 2. The van der Waals surface area contributed by atoms with Crippen LogP contribution in [-0.2, 0) is 12.8 Å². The van der Waals surface area contributed by atoms with Crippen molar-refractivity contribution in [1.29, 1.82) is 0 Å². The highest BCUT2D eigenvalue weighted by Crippen LogP contribution is 2.31. The zero-order valence-electron chi connectivity index (χ0n) is 10.9. The molecular formula is C16H18N2S. The first-order valence-electron chi connectivity index (χ1n) is 6.73. The molecular weight excluding hydrogens is 252 g/mol. The van der Waals surface area contributed by atoms with Gasteiger partial charge in [-0.05, 0) is 37.6 Å². The van der Waals surface area contributed by atoms with E-state index in [0.717, 1.165) is 13.1 Å². The predicted octanol–water partition coefficient (Wildman–Crippen LogP) is 3.60. The van der Waals surface area contributed by atoms with Crippen LogP contribution in [0.3, 0.4) is 0 Å². The molecule has 4 rings (SSSR count). The summed E-state index contributed by atoms with van der Waals surface area (Å²) in [6.07, 6.45) is 4.41. The van der Waals surface area contributed by atoms with Gasteiger partial charge >= 0.3 is 0 Å². The van der Waals surface area contributed by atoms with E-state index in [-0.39, 0.29) is 0 Å². The molecule has 3 aromatic rings. The fourth-order valence-corrected chi connectivity index (χ4v) is 3.62. The molecule has 0 amide bonds. The largest absolute Gasteiger partial charge is 0.360 e. The van der Waals surface area contributed by atoms with Crippen LogP contribution in [0.2, 0.25) is 0 Å². The van der Waals surface area contributed by atoms with Gasteiger partial charge in [0.1, 0.15) is 0 Å². The number of H-pyrrole nitrogens is 1. The van der Waals surface area contributed by atoms with Gasteiger partial charge in [-0.3, -0.25) is 0 Å². The molecule has 1 aliphatic heterocycles. The van der Waals surface area contributed by atoms with E-state index in [2.05, 4.69) is 16.4 Å². The molecule has 0 aliphatic carbocycles. The number of aromatic nitrogens is 1. The summed E-state index contributed by atoms with van der Waals surface area (Å²) in [5.41, 5.74) is 2.93. The summed E-state index contributed by atoms with van der Waals surface area (Å²) >= 11 is 1.95. The third-order valence-electron chi connectivity index (χ3n) is 3.33. The lowest BCUT2D eigenvalue weighted by Gasteiger charge is -1.95. The molecule has 19 heavy (non-hydrogen) atoms. The fraction of sp³-hybridized carbons (Fsp3) is 0.250. The maximum atomic E-state index is 3.43. The van der Waals surface area contributed by atoms with Crippen LogP contribution in [0.25, 0.3) is 10.2 Å². The molecule has 98 valence electrons. The van der Waals surface area contributed by atoms with E-state index in [1.807, 2.05) is 53.9 Å². The highest BCUT2D eigenvalue weighted by molar-refractivity contribution is 7.19. The molecule has 1 aliphatic rings. The number of rotatable bonds is 0. The average molecular weight is 270 g/mol. The van der Waals surface area contributed by atoms with Gasteiger partial charge in [-0.25, -0.2) is 0 Å². The first kappa shape index (κ1) is 12.5. The lowest BCUT2D eigenvalue weighted by Crippen LogP contribution is -2.16. The minimum absolute atomic E-state index is 1.12. The van der Waals surface area contributed by atoms with Crippen molar-refractivity contribution in [1.82, 2.24) is 10.3 Å². The Kier molecular flexibility index (Phi) is 3.96. The van der Waals surface area contributed by atoms with Crippen molar-refractivity contribution < 1.29 is 0 Å². The summed E-state index contributed by atoms with van der Waals surface area (Å²) in [6, 6.07) is 14.2. The van der Waals surface area contributed by atoms with Crippen molar-refractivity contribution in [2.75, 3.05) is 13.1 Å². The zero-order chi connectivity index (χ0) is 12.9.